The second-order valence-corrected chi connectivity index (χ2v) is 2.68. The molecule has 62 valence electrons. The Morgan fingerprint density at radius 3 is 3.00 bits per heavy atom. The van der Waals surface area contributed by atoms with Gasteiger partial charge in [0.05, 0.1) is 5.02 Å². The summed E-state index contributed by atoms with van der Waals surface area (Å²) in [6.07, 6.45) is 8.10. The van der Waals surface area contributed by atoms with Gasteiger partial charge in [-0.1, -0.05) is 23.8 Å². The van der Waals surface area contributed by atoms with Crippen LogP contribution < -0.4 is 0 Å². The van der Waals surface area contributed by atoms with Crippen molar-refractivity contribution in [2.75, 3.05) is 0 Å². The molecule has 0 amide bonds. The van der Waals surface area contributed by atoms with Gasteiger partial charge in [-0.15, -0.1) is 0 Å². The Morgan fingerprint density at radius 2 is 2.33 bits per heavy atom. The molecule has 1 aromatic heterocycles. The molecule has 0 aliphatic heterocycles. The summed E-state index contributed by atoms with van der Waals surface area (Å²) in [6, 6.07) is 1.79. The maximum Gasteiger partial charge on any atom is 0.123 e. The van der Waals surface area contributed by atoms with Crippen LogP contribution in [0.4, 0.5) is 0 Å². The van der Waals surface area contributed by atoms with Crippen LogP contribution in [0.5, 0.6) is 0 Å². The Balaban J connectivity index is 2.69. The van der Waals surface area contributed by atoms with E-state index >= 15 is 0 Å². The molecule has 0 aliphatic carbocycles. The fourth-order valence-electron chi connectivity index (χ4n) is 0.779. The molecule has 2 nitrogen and oxygen atoms in total. The first kappa shape index (κ1) is 8.94. The Kier molecular flexibility index (Phi) is 3.48. The first-order valence-corrected chi connectivity index (χ1v) is 3.91. The molecule has 1 rings (SSSR count). The van der Waals surface area contributed by atoms with Crippen LogP contribution >= 0.6 is 11.6 Å². The Hall–Kier alpha value is -1.15. The summed E-state index contributed by atoms with van der Waals surface area (Å²) in [5.41, 5.74) is 0.907. The van der Waals surface area contributed by atoms with Crippen molar-refractivity contribution in [3.8, 4) is 0 Å². The number of aldehydes is 1. The largest absolute Gasteiger partial charge is 0.303 e. The minimum Gasteiger partial charge on any atom is -0.303 e. The van der Waals surface area contributed by atoms with Gasteiger partial charge in [0.2, 0.25) is 0 Å². The van der Waals surface area contributed by atoms with Gasteiger partial charge in [-0.05, 0) is 11.6 Å². The van der Waals surface area contributed by atoms with E-state index in [2.05, 4.69) is 4.98 Å². The number of rotatable bonds is 3. The molecular formula is C9H8ClNO. The third-order valence-corrected chi connectivity index (χ3v) is 1.48. The number of halogens is 1. The quantitative estimate of drug-likeness (QED) is 0.670. The standard InChI is InChI=1S/C9H8ClNO/c10-9-5-8(6-11-7-9)3-1-2-4-12/h1,3-7H,2H2. The molecule has 0 bridgehead atoms. The van der Waals surface area contributed by atoms with E-state index in [-0.39, 0.29) is 0 Å². The van der Waals surface area contributed by atoms with E-state index < -0.39 is 0 Å². The zero-order valence-corrected chi connectivity index (χ0v) is 7.16. The summed E-state index contributed by atoms with van der Waals surface area (Å²) in [5, 5.41) is 0.600. The van der Waals surface area contributed by atoms with Crippen LogP contribution in [-0.2, 0) is 4.79 Å². The lowest BCUT2D eigenvalue weighted by atomic mass is 10.2. The number of aromatic nitrogens is 1. The van der Waals surface area contributed by atoms with E-state index in [4.69, 9.17) is 11.6 Å². The number of carbonyl (C=O) groups excluding carboxylic acids is 1. The second-order valence-electron chi connectivity index (χ2n) is 2.24. The van der Waals surface area contributed by atoms with Crippen LogP contribution in [0.1, 0.15) is 12.0 Å². The Labute approximate surface area is 75.9 Å². The summed E-state index contributed by atoms with van der Waals surface area (Å²) in [7, 11) is 0. The monoisotopic (exact) mass is 181 g/mol. The van der Waals surface area contributed by atoms with Crippen LogP contribution in [0.15, 0.2) is 24.5 Å². The fraction of sp³-hybridized carbons (Fsp3) is 0.111. The van der Waals surface area contributed by atoms with Crippen molar-refractivity contribution >= 4 is 24.0 Å². The van der Waals surface area contributed by atoms with Gasteiger partial charge in [0.15, 0.2) is 0 Å². The third-order valence-electron chi connectivity index (χ3n) is 1.27. The lowest BCUT2D eigenvalue weighted by molar-refractivity contribution is -0.107. The SMILES string of the molecule is O=CCC=Cc1cncc(Cl)c1. The average Bonchev–Trinajstić information content (AvgIpc) is 2.05. The van der Waals surface area contributed by atoms with Crippen molar-refractivity contribution in [3.05, 3.63) is 35.1 Å². The first-order valence-electron chi connectivity index (χ1n) is 3.53. The Bertz CT molecular complexity index is 296. The zero-order valence-electron chi connectivity index (χ0n) is 6.40. The van der Waals surface area contributed by atoms with Gasteiger partial charge in [-0.25, -0.2) is 0 Å². The number of pyridine rings is 1. The van der Waals surface area contributed by atoms with Gasteiger partial charge < -0.3 is 4.79 Å². The molecule has 0 radical (unpaired) electrons. The van der Waals surface area contributed by atoms with Gasteiger partial charge in [0.1, 0.15) is 6.29 Å². The van der Waals surface area contributed by atoms with E-state index in [0.717, 1.165) is 11.8 Å². The summed E-state index contributed by atoms with van der Waals surface area (Å²) >= 11 is 5.69. The van der Waals surface area contributed by atoms with E-state index in [0.29, 0.717) is 11.4 Å². The lowest BCUT2D eigenvalue weighted by Crippen LogP contribution is -1.75. The van der Waals surface area contributed by atoms with Crippen LogP contribution in [0, 0.1) is 0 Å². The van der Waals surface area contributed by atoms with E-state index in [1.807, 2.05) is 6.08 Å². The van der Waals surface area contributed by atoms with Crippen molar-refractivity contribution < 1.29 is 4.79 Å². The van der Waals surface area contributed by atoms with Crippen molar-refractivity contribution in [2.45, 2.75) is 6.42 Å². The van der Waals surface area contributed by atoms with Gasteiger partial charge in [0, 0.05) is 18.8 Å². The summed E-state index contributed by atoms with van der Waals surface area (Å²) < 4.78 is 0. The maximum atomic E-state index is 9.97. The molecular weight excluding hydrogens is 174 g/mol. The fourth-order valence-corrected chi connectivity index (χ4v) is 0.961. The third kappa shape index (κ3) is 2.84. The molecule has 0 spiro atoms. The molecule has 0 aromatic carbocycles. The molecule has 3 heteroatoms. The molecule has 12 heavy (non-hydrogen) atoms. The van der Waals surface area contributed by atoms with Crippen LogP contribution in [0.3, 0.4) is 0 Å². The summed E-state index contributed by atoms with van der Waals surface area (Å²) in [5.74, 6) is 0. The molecule has 0 fully saturated rings. The van der Waals surface area contributed by atoms with Crippen molar-refractivity contribution in [1.82, 2.24) is 4.98 Å². The van der Waals surface area contributed by atoms with Crippen molar-refractivity contribution in [1.29, 1.82) is 0 Å². The summed E-state index contributed by atoms with van der Waals surface area (Å²) in [6.45, 7) is 0. The van der Waals surface area contributed by atoms with Gasteiger partial charge >= 0.3 is 0 Å². The number of nitrogens with zero attached hydrogens (tertiary/aromatic N) is 1. The van der Waals surface area contributed by atoms with Gasteiger partial charge in [-0.2, -0.15) is 0 Å². The number of hydrogen-bond acceptors (Lipinski definition) is 2. The summed E-state index contributed by atoms with van der Waals surface area (Å²) in [4.78, 5) is 13.9. The highest BCUT2D eigenvalue weighted by Crippen LogP contribution is 2.09. The minimum atomic E-state index is 0.423. The topological polar surface area (TPSA) is 30.0 Å². The van der Waals surface area contributed by atoms with Crippen LogP contribution in [0.2, 0.25) is 5.02 Å². The highest BCUT2D eigenvalue weighted by Gasteiger charge is 1.88. The van der Waals surface area contributed by atoms with Crippen molar-refractivity contribution in [3.63, 3.8) is 0 Å². The van der Waals surface area contributed by atoms with E-state index in [1.54, 1.807) is 24.5 Å². The zero-order chi connectivity index (χ0) is 8.81. The Morgan fingerprint density at radius 1 is 1.50 bits per heavy atom. The van der Waals surface area contributed by atoms with Gasteiger partial charge in [0.25, 0.3) is 0 Å². The predicted molar refractivity (Wildman–Crippen MR) is 49.0 cm³/mol. The molecule has 0 aliphatic rings. The molecule has 0 saturated heterocycles. The molecule has 1 heterocycles. The number of carbonyl (C=O) groups is 1. The predicted octanol–water partition coefficient (Wildman–Crippen LogP) is 2.34. The highest BCUT2D eigenvalue weighted by atomic mass is 35.5. The minimum absolute atomic E-state index is 0.423. The maximum absolute atomic E-state index is 9.97. The average molecular weight is 182 g/mol. The van der Waals surface area contributed by atoms with Crippen molar-refractivity contribution in [2.24, 2.45) is 0 Å². The molecule has 0 atom stereocenters. The molecule has 1 aromatic rings. The van der Waals surface area contributed by atoms with Gasteiger partial charge in [-0.3, -0.25) is 4.98 Å². The number of hydrogen-bond donors (Lipinski definition) is 0. The number of allylic oxidation sites excluding steroid dienone is 1. The normalized spacial score (nSPS) is 10.4. The molecule has 0 unspecified atom stereocenters. The molecule has 0 saturated carbocycles. The van der Waals surface area contributed by atoms with Crippen LogP contribution in [-0.4, -0.2) is 11.3 Å². The highest BCUT2D eigenvalue weighted by molar-refractivity contribution is 6.30. The molecule has 0 N–H and O–H groups in total. The van der Waals surface area contributed by atoms with Crippen LogP contribution in [0.25, 0.3) is 6.08 Å². The first-order chi connectivity index (χ1) is 5.83. The van der Waals surface area contributed by atoms with E-state index in [9.17, 15) is 4.79 Å². The second kappa shape index (κ2) is 4.67. The smallest absolute Gasteiger partial charge is 0.123 e. The lowest BCUT2D eigenvalue weighted by Gasteiger charge is -1.91. The van der Waals surface area contributed by atoms with E-state index in [1.165, 1.54) is 0 Å².